The highest BCUT2D eigenvalue weighted by molar-refractivity contribution is 6.00. The lowest BCUT2D eigenvalue weighted by Gasteiger charge is -2.30. The van der Waals surface area contributed by atoms with Gasteiger partial charge in [-0.1, -0.05) is 27.7 Å². The fourth-order valence-corrected chi connectivity index (χ4v) is 8.51. The predicted octanol–water partition coefficient (Wildman–Crippen LogP) is 6.60. The zero-order chi connectivity index (χ0) is 40.8. The van der Waals surface area contributed by atoms with Crippen LogP contribution in [0.15, 0.2) is 55.0 Å². The van der Waals surface area contributed by atoms with Gasteiger partial charge in [0.15, 0.2) is 11.5 Å². The first-order chi connectivity index (χ1) is 28.0. The number of aromatic nitrogens is 5. The number of alkyl carbamates (subject to hydrolysis) is 2. The van der Waals surface area contributed by atoms with Gasteiger partial charge in [0, 0.05) is 35.8 Å². The highest BCUT2D eigenvalue weighted by Crippen LogP contribution is 2.45. The van der Waals surface area contributed by atoms with Gasteiger partial charge in [0.05, 0.1) is 61.3 Å². The molecule has 3 aromatic heterocycles. The van der Waals surface area contributed by atoms with Gasteiger partial charge in [-0.3, -0.25) is 9.59 Å². The summed E-state index contributed by atoms with van der Waals surface area (Å²) in [5.74, 6) is 2.25. The zero-order valence-electron chi connectivity index (χ0n) is 33.5. The van der Waals surface area contributed by atoms with Crippen LogP contribution in [0.25, 0.3) is 39.1 Å². The molecule has 16 heteroatoms. The second-order valence-corrected chi connectivity index (χ2v) is 15.8. The summed E-state index contributed by atoms with van der Waals surface area (Å²) < 4.78 is 18.1. The molecule has 4 N–H and O–H groups in total. The molecule has 1 unspecified atom stereocenters. The Kier molecular flexibility index (Phi) is 10.3. The van der Waals surface area contributed by atoms with Gasteiger partial charge < -0.3 is 49.2 Å². The number of likely N-dealkylation sites (tertiary alicyclic amines) is 2. The first-order valence-corrected chi connectivity index (χ1v) is 19.8. The fourth-order valence-electron chi connectivity index (χ4n) is 8.51. The molecule has 0 radical (unpaired) electrons. The van der Waals surface area contributed by atoms with Gasteiger partial charge in [-0.25, -0.2) is 19.6 Å². The molecule has 16 nitrogen and oxygen atoms in total. The Morgan fingerprint density at radius 1 is 0.759 bits per heavy atom. The van der Waals surface area contributed by atoms with Crippen LogP contribution in [0.5, 0.6) is 11.5 Å². The summed E-state index contributed by atoms with van der Waals surface area (Å²) in [5, 5.41) is 6.38. The molecular weight excluding hydrogens is 743 g/mol. The van der Waals surface area contributed by atoms with Gasteiger partial charge in [-0.15, -0.1) is 0 Å². The number of ether oxygens (including phenoxy) is 3. The first-order valence-electron chi connectivity index (χ1n) is 19.8. The van der Waals surface area contributed by atoms with Crippen LogP contribution in [0.3, 0.4) is 0 Å². The molecule has 2 saturated heterocycles. The molecule has 304 valence electrons. The van der Waals surface area contributed by atoms with E-state index in [0.29, 0.717) is 30.5 Å². The summed E-state index contributed by atoms with van der Waals surface area (Å²) in [4.78, 5) is 71.6. The van der Waals surface area contributed by atoms with Crippen molar-refractivity contribution in [2.24, 2.45) is 11.8 Å². The van der Waals surface area contributed by atoms with E-state index in [4.69, 9.17) is 24.2 Å². The lowest BCUT2D eigenvalue weighted by atomic mass is 10.0. The lowest BCUT2D eigenvalue weighted by molar-refractivity contribution is -0.136. The Hall–Kier alpha value is -6.32. The van der Waals surface area contributed by atoms with Crippen molar-refractivity contribution in [3.63, 3.8) is 0 Å². The predicted molar refractivity (Wildman–Crippen MR) is 214 cm³/mol. The number of aromatic amines is 2. The largest absolute Gasteiger partial charge is 0.453 e. The number of rotatable bonds is 10. The lowest BCUT2D eigenvalue weighted by Crippen LogP contribution is -2.51. The van der Waals surface area contributed by atoms with E-state index in [0.717, 1.165) is 70.5 Å². The molecule has 0 spiro atoms. The van der Waals surface area contributed by atoms with Crippen molar-refractivity contribution >= 4 is 34.9 Å². The van der Waals surface area contributed by atoms with Crippen LogP contribution in [-0.2, 0) is 19.1 Å². The fraction of sp³-hybridized carbons (Fsp3) is 0.429. The molecule has 3 aliphatic rings. The number of amides is 4. The Bertz CT molecular complexity index is 2380. The minimum Gasteiger partial charge on any atom is -0.453 e. The van der Waals surface area contributed by atoms with E-state index in [1.54, 1.807) is 22.2 Å². The van der Waals surface area contributed by atoms with Crippen molar-refractivity contribution in [3.05, 3.63) is 66.6 Å². The molecule has 0 aliphatic carbocycles. The smallest absolute Gasteiger partial charge is 0.407 e. The average Bonchev–Trinajstić information content (AvgIpc) is 4.07. The van der Waals surface area contributed by atoms with E-state index in [1.807, 2.05) is 58.2 Å². The topological polar surface area (TPSA) is 189 Å². The maximum absolute atomic E-state index is 13.7. The van der Waals surface area contributed by atoms with E-state index in [9.17, 15) is 19.2 Å². The van der Waals surface area contributed by atoms with E-state index in [2.05, 4.69) is 37.3 Å². The van der Waals surface area contributed by atoms with E-state index in [1.165, 1.54) is 14.2 Å². The first kappa shape index (κ1) is 38.5. The number of imidazole rings is 2. The maximum atomic E-state index is 13.7. The van der Waals surface area contributed by atoms with Crippen molar-refractivity contribution < 1.29 is 33.4 Å². The molecule has 3 aliphatic heterocycles. The van der Waals surface area contributed by atoms with E-state index in [-0.39, 0.29) is 35.7 Å². The molecule has 2 aromatic carbocycles. The molecular formula is C42H49N9O7. The number of methoxy groups -OCH3 is 2. The number of nitrogens with one attached hydrogen (secondary N) is 4. The maximum Gasteiger partial charge on any atom is 0.407 e. The molecule has 5 aromatic rings. The van der Waals surface area contributed by atoms with Crippen molar-refractivity contribution in [2.45, 2.75) is 77.5 Å². The van der Waals surface area contributed by atoms with Gasteiger partial charge in [0.2, 0.25) is 11.8 Å². The standard InChI is InChI=1S/C42H49N9O7/c1-22(2)34(47-41(54)56-5)39(52)50-16-7-9-29(50)37-43-20-27(45-37)24-11-13-32-31(19-24)49-18-15-26-25(12-14-33(58-32)36(26)49)28-21-44-38(46-28)30-10-8-17-51(30)40(53)35(23(3)4)48-42(55)57-6/h11-15,18-23,29-30,34-35H,7-10,16-17H2,1-6H3,(H,43,45)(H,44,46)(H,47,54)(H,48,55)/t29-,30?,34-,35-/m0/s1. The Morgan fingerprint density at radius 3 is 1.88 bits per heavy atom. The van der Waals surface area contributed by atoms with Crippen molar-refractivity contribution in [1.29, 1.82) is 0 Å². The van der Waals surface area contributed by atoms with Crippen molar-refractivity contribution in [1.82, 2.24) is 44.9 Å². The molecule has 4 atom stereocenters. The number of fused-ring (bicyclic) bond motifs is 2. The molecule has 6 heterocycles. The molecule has 0 bridgehead atoms. The summed E-state index contributed by atoms with van der Waals surface area (Å²) in [5.41, 5.74) is 5.25. The number of nitrogens with zero attached hydrogens (tertiary/aromatic N) is 5. The highest BCUT2D eigenvalue weighted by Gasteiger charge is 2.39. The SMILES string of the molecule is COC(=O)N[C@H](C(=O)N1CCCC1c1ncc(-c2ccc3c4c2ccn4-c2cc(-c4cnc([C@@H]5CCCN5C(=O)[C@@H](NC(=O)OC)C(C)C)[nH]4)ccc2O3)[nH]1)C(C)C. The Labute approximate surface area is 335 Å². The summed E-state index contributed by atoms with van der Waals surface area (Å²) in [6.45, 7) is 8.72. The number of hydrogen-bond donors (Lipinski definition) is 4. The van der Waals surface area contributed by atoms with Crippen LogP contribution in [0.1, 0.15) is 77.1 Å². The quantitative estimate of drug-likeness (QED) is 0.118. The Balaban J connectivity index is 1.04. The van der Waals surface area contributed by atoms with Crippen molar-refractivity contribution in [3.8, 4) is 39.7 Å². The molecule has 0 saturated carbocycles. The third kappa shape index (κ3) is 6.89. The summed E-state index contributed by atoms with van der Waals surface area (Å²) in [6, 6.07) is 10.1. The van der Waals surface area contributed by atoms with E-state index >= 15 is 0 Å². The third-order valence-corrected chi connectivity index (χ3v) is 11.5. The number of hydrogen-bond acceptors (Lipinski definition) is 9. The summed E-state index contributed by atoms with van der Waals surface area (Å²) in [6.07, 6.45) is 7.51. The summed E-state index contributed by atoms with van der Waals surface area (Å²) >= 11 is 0. The van der Waals surface area contributed by atoms with Gasteiger partial charge >= 0.3 is 12.2 Å². The van der Waals surface area contributed by atoms with Gasteiger partial charge in [-0.05, 0) is 73.9 Å². The van der Waals surface area contributed by atoms with Gasteiger partial charge in [0.1, 0.15) is 23.7 Å². The minimum absolute atomic E-state index is 0.127. The van der Waals surface area contributed by atoms with Crippen LogP contribution < -0.4 is 15.4 Å². The second-order valence-electron chi connectivity index (χ2n) is 15.8. The van der Waals surface area contributed by atoms with Crippen LogP contribution in [-0.4, -0.2) is 97.7 Å². The van der Waals surface area contributed by atoms with Gasteiger partial charge in [0.25, 0.3) is 0 Å². The van der Waals surface area contributed by atoms with Crippen LogP contribution in [0, 0.1) is 11.8 Å². The molecule has 2 fully saturated rings. The third-order valence-electron chi connectivity index (χ3n) is 11.5. The average molecular weight is 792 g/mol. The van der Waals surface area contributed by atoms with Crippen LogP contribution >= 0.6 is 0 Å². The Morgan fingerprint density at radius 2 is 1.31 bits per heavy atom. The number of H-pyrrole nitrogens is 2. The van der Waals surface area contributed by atoms with E-state index < -0.39 is 24.3 Å². The van der Waals surface area contributed by atoms with Crippen LogP contribution in [0.2, 0.25) is 0 Å². The number of carbonyl (C=O) groups excluding carboxylic acids is 4. The number of benzene rings is 2. The molecule has 58 heavy (non-hydrogen) atoms. The number of carbonyl (C=O) groups is 4. The second kappa shape index (κ2) is 15.6. The normalized spacial score (nSPS) is 18.3. The molecule has 4 amide bonds. The van der Waals surface area contributed by atoms with Crippen molar-refractivity contribution in [2.75, 3.05) is 27.3 Å². The molecule has 8 rings (SSSR count). The van der Waals surface area contributed by atoms with Crippen LogP contribution in [0.4, 0.5) is 9.59 Å². The zero-order valence-corrected chi connectivity index (χ0v) is 33.5. The summed E-state index contributed by atoms with van der Waals surface area (Å²) in [7, 11) is 2.57. The highest BCUT2D eigenvalue weighted by atomic mass is 16.5. The monoisotopic (exact) mass is 791 g/mol. The minimum atomic E-state index is -0.715. The van der Waals surface area contributed by atoms with Gasteiger partial charge in [-0.2, -0.15) is 0 Å².